The lowest BCUT2D eigenvalue weighted by atomic mass is 9.74. The van der Waals surface area contributed by atoms with Crippen molar-refractivity contribution in [2.75, 3.05) is 13.2 Å². The number of hydrogen-bond donors (Lipinski definition) is 0. The molecule has 60 heavy (non-hydrogen) atoms. The first-order valence-electron chi connectivity index (χ1n) is 21.4. The van der Waals surface area contributed by atoms with E-state index >= 15 is 0 Å². The van der Waals surface area contributed by atoms with Crippen LogP contribution < -0.4 is 0 Å². The van der Waals surface area contributed by atoms with Crippen molar-refractivity contribution in [1.82, 2.24) is 0 Å². The Morgan fingerprint density at radius 3 is 1.78 bits per heavy atom. The Hall–Kier alpha value is -6.26. The van der Waals surface area contributed by atoms with Crippen molar-refractivity contribution < 1.29 is 19.1 Å². The molecule has 0 bridgehead atoms. The van der Waals surface area contributed by atoms with Crippen molar-refractivity contribution in [2.45, 2.75) is 71.6 Å². The third-order valence-corrected chi connectivity index (χ3v) is 13.5. The molecule has 0 radical (unpaired) electrons. The summed E-state index contributed by atoms with van der Waals surface area (Å²) in [5, 5.41) is 7.94. The Morgan fingerprint density at radius 2 is 1.10 bits per heavy atom. The zero-order valence-corrected chi connectivity index (χ0v) is 35.4. The number of fused-ring (bicyclic) bond motifs is 6. The quantitative estimate of drug-likeness (QED) is 0.0787. The van der Waals surface area contributed by atoms with E-state index in [0.717, 1.165) is 39.8 Å². The average molecular weight is 787 g/mol. The summed E-state index contributed by atoms with van der Waals surface area (Å²) < 4.78 is 11.2. The number of ether oxygens (including phenoxy) is 2. The van der Waals surface area contributed by atoms with Gasteiger partial charge in [-0.15, -0.1) is 0 Å². The van der Waals surface area contributed by atoms with Crippen LogP contribution in [-0.2, 0) is 36.3 Å². The van der Waals surface area contributed by atoms with Crippen LogP contribution in [-0.4, -0.2) is 25.2 Å². The molecule has 0 heterocycles. The Kier molecular flexibility index (Phi) is 8.98. The van der Waals surface area contributed by atoms with Crippen LogP contribution in [0.5, 0.6) is 0 Å². The number of benzene rings is 8. The monoisotopic (exact) mass is 786 g/mol. The van der Waals surface area contributed by atoms with Gasteiger partial charge < -0.3 is 9.47 Å². The maximum atomic E-state index is 12.3. The first kappa shape index (κ1) is 38.0. The molecule has 0 N–H and O–H groups in total. The highest BCUT2D eigenvalue weighted by Crippen LogP contribution is 2.54. The largest absolute Gasteiger partial charge is 0.466 e. The van der Waals surface area contributed by atoms with Crippen molar-refractivity contribution in [3.8, 4) is 44.5 Å². The molecule has 2 aliphatic carbocycles. The molecule has 4 heteroatoms. The van der Waals surface area contributed by atoms with Crippen molar-refractivity contribution >= 4 is 44.3 Å². The Morgan fingerprint density at radius 1 is 0.550 bits per heavy atom. The molecule has 0 amide bonds. The first-order valence-corrected chi connectivity index (χ1v) is 21.4. The van der Waals surface area contributed by atoms with Gasteiger partial charge in [0.05, 0.1) is 12.0 Å². The van der Waals surface area contributed by atoms with E-state index in [2.05, 4.69) is 155 Å². The van der Waals surface area contributed by atoms with Crippen molar-refractivity contribution in [3.63, 3.8) is 0 Å². The molecule has 0 saturated carbocycles. The Balaban J connectivity index is 1.03. The second kappa shape index (κ2) is 14.2. The Labute approximate surface area is 352 Å². The van der Waals surface area contributed by atoms with E-state index in [-0.39, 0.29) is 24.0 Å². The molecule has 0 aromatic heterocycles. The molecule has 8 aromatic carbocycles. The first-order chi connectivity index (χ1) is 28.9. The minimum Gasteiger partial charge on any atom is -0.466 e. The van der Waals surface area contributed by atoms with Crippen LogP contribution in [0.1, 0.15) is 82.2 Å². The van der Waals surface area contributed by atoms with E-state index in [1.807, 2.05) is 0 Å². The van der Waals surface area contributed by atoms with Crippen LogP contribution in [0.25, 0.3) is 76.8 Å². The average Bonchev–Trinajstić information content (AvgIpc) is 3.64. The number of hydrogen-bond acceptors (Lipinski definition) is 4. The summed E-state index contributed by atoms with van der Waals surface area (Å²) in [6.45, 7) is 12.7. The number of esters is 2. The van der Waals surface area contributed by atoms with E-state index in [9.17, 15) is 9.59 Å². The second-order valence-electron chi connectivity index (χ2n) is 18.2. The molecule has 0 saturated heterocycles. The Bertz CT molecular complexity index is 3020. The molecule has 0 fully saturated rings. The van der Waals surface area contributed by atoms with Crippen LogP contribution in [0.2, 0.25) is 0 Å². The van der Waals surface area contributed by atoms with E-state index in [4.69, 9.17) is 9.47 Å². The standard InChI is InChI=1S/C56H50O4/c1-33(2)26-36-27-41-13-12-37-14-19-43(48-23-18-42(28-36)53(41)54(37)48)40-17-22-46-45-20-15-38(29-50(45)55(5,6)51(46)31-40)39-16-21-47-44-10-7-8-11-49(44)56(52(47)30-39,32-60-35(4)58)24-9-25-59-34(3)57/h7-8,10-23,27-31,33H,9,24-26,32H2,1-6H3. The smallest absolute Gasteiger partial charge is 0.302 e. The predicted molar refractivity (Wildman–Crippen MR) is 246 cm³/mol. The van der Waals surface area contributed by atoms with E-state index in [1.165, 1.54) is 85.1 Å². The number of rotatable bonds is 10. The molecular formula is C56H50O4. The summed E-state index contributed by atoms with van der Waals surface area (Å²) in [7, 11) is 0. The fourth-order valence-electron chi connectivity index (χ4n) is 10.8. The molecular weight excluding hydrogens is 737 g/mol. The lowest BCUT2D eigenvalue weighted by Gasteiger charge is -2.32. The second-order valence-corrected chi connectivity index (χ2v) is 18.2. The zero-order valence-electron chi connectivity index (χ0n) is 35.4. The van der Waals surface area contributed by atoms with Crippen LogP contribution >= 0.6 is 0 Å². The summed E-state index contributed by atoms with van der Waals surface area (Å²) in [6.07, 6.45) is 2.39. The van der Waals surface area contributed by atoms with Gasteiger partial charge in [-0.3, -0.25) is 9.59 Å². The molecule has 298 valence electrons. The fraction of sp³-hybridized carbons (Fsp3) is 0.250. The summed E-state index contributed by atoms with van der Waals surface area (Å²) in [6, 6.07) is 47.9. The minimum atomic E-state index is -0.571. The van der Waals surface area contributed by atoms with Crippen LogP contribution in [0.15, 0.2) is 127 Å². The molecule has 1 unspecified atom stereocenters. The van der Waals surface area contributed by atoms with Gasteiger partial charge in [-0.2, -0.15) is 0 Å². The van der Waals surface area contributed by atoms with Gasteiger partial charge in [-0.1, -0.05) is 137 Å². The normalized spacial score (nSPS) is 16.0. The van der Waals surface area contributed by atoms with Crippen LogP contribution in [0, 0.1) is 5.92 Å². The minimum absolute atomic E-state index is 0.218. The van der Waals surface area contributed by atoms with E-state index < -0.39 is 5.41 Å². The zero-order chi connectivity index (χ0) is 41.5. The molecule has 2 aliphatic rings. The SMILES string of the molecule is CC(=O)OCCCC1(COC(C)=O)c2ccccc2-c2ccc(-c3ccc4c(c3)C(C)(C)c3cc(-c5ccc6ccc7cc(CC(C)C)cc8ccc5c6c78)ccc3-4)cc21. The lowest BCUT2D eigenvalue weighted by molar-refractivity contribution is -0.142. The maximum absolute atomic E-state index is 12.3. The van der Waals surface area contributed by atoms with Crippen molar-refractivity contribution in [3.05, 3.63) is 155 Å². The summed E-state index contributed by atoms with van der Waals surface area (Å²) in [5.41, 5.74) is 15.2. The molecule has 0 spiro atoms. The van der Waals surface area contributed by atoms with Gasteiger partial charge in [0.2, 0.25) is 0 Å². The molecule has 4 nitrogen and oxygen atoms in total. The summed E-state index contributed by atoms with van der Waals surface area (Å²) in [5.74, 6) is 0.00953. The summed E-state index contributed by atoms with van der Waals surface area (Å²) >= 11 is 0. The topological polar surface area (TPSA) is 52.6 Å². The third kappa shape index (κ3) is 6.02. The van der Waals surface area contributed by atoms with Gasteiger partial charge in [0.1, 0.15) is 6.61 Å². The van der Waals surface area contributed by atoms with Gasteiger partial charge in [0, 0.05) is 19.3 Å². The van der Waals surface area contributed by atoms with Gasteiger partial charge in [-0.05, 0) is 148 Å². The predicted octanol–water partition coefficient (Wildman–Crippen LogP) is 13.6. The van der Waals surface area contributed by atoms with Gasteiger partial charge in [0.15, 0.2) is 0 Å². The highest BCUT2D eigenvalue weighted by Gasteiger charge is 2.44. The van der Waals surface area contributed by atoms with Crippen LogP contribution in [0.4, 0.5) is 0 Å². The van der Waals surface area contributed by atoms with Gasteiger partial charge in [0.25, 0.3) is 0 Å². The van der Waals surface area contributed by atoms with Gasteiger partial charge >= 0.3 is 11.9 Å². The van der Waals surface area contributed by atoms with Crippen molar-refractivity contribution in [2.24, 2.45) is 5.92 Å². The molecule has 0 aliphatic heterocycles. The fourth-order valence-corrected chi connectivity index (χ4v) is 10.8. The molecule has 1 atom stereocenters. The van der Waals surface area contributed by atoms with E-state index in [0.29, 0.717) is 25.4 Å². The maximum Gasteiger partial charge on any atom is 0.302 e. The van der Waals surface area contributed by atoms with Gasteiger partial charge in [-0.25, -0.2) is 0 Å². The highest BCUT2D eigenvalue weighted by atomic mass is 16.5. The number of carbonyl (C=O) groups excluding carboxylic acids is 2. The van der Waals surface area contributed by atoms with Crippen molar-refractivity contribution in [1.29, 1.82) is 0 Å². The summed E-state index contributed by atoms with van der Waals surface area (Å²) in [4.78, 5) is 24.0. The van der Waals surface area contributed by atoms with E-state index in [1.54, 1.807) is 0 Å². The number of carbonyl (C=O) groups is 2. The molecule has 8 aromatic rings. The van der Waals surface area contributed by atoms with Crippen LogP contribution in [0.3, 0.4) is 0 Å². The third-order valence-electron chi connectivity index (χ3n) is 13.5. The molecule has 10 rings (SSSR count). The lowest BCUT2D eigenvalue weighted by Crippen LogP contribution is -2.33. The highest BCUT2D eigenvalue weighted by molar-refractivity contribution is 6.25.